The van der Waals surface area contributed by atoms with Gasteiger partial charge in [0.1, 0.15) is 0 Å². The average Bonchev–Trinajstić information content (AvgIpc) is 2.82. The zero-order chi connectivity index (χ0) is 14.4. The van der Waals surface area contributed by atoms with Crippen LogP contribution in [0.2, 0.25) is 0 Å². The molecule has 1 aromatic rings. The summed E-state index contributed by atoms with van der Waals surface area (Å²) >= 11 is 3.09. The van der Waals surface area contributed by atoms with E-state index >= 15 is 0 Å². The molecule has 1 N–H and O–H groups in total. The molecule has 3 rings (SSSR count). The summed E-state index contributed by atoms with van der Waals surface area (Å²) in [6.07, 6.45) is 6.23. The van der Waals surface area contributed by atoms with E-state index < -0.39 is 0 Å². The van der Waals surface area contributed by atoms with Gasteiger partial charge in [0.15, 0.2) is 10.2 Å². The van der Waals surface area contributed by atoms with E-state index in [0.717, 1.165) is 24.6 Å². The monoisotopic (exact) mass is 313 g/mol. The molecule has 5 nitrogen and oxygen atoms in total. The normalized spacial score (nSPS) is 18.4. The van der Waals surface area contributed by atoms with Crippen molar-refractivity contribution in [1.29, 1.82) is 0 Å². The predicted octanol–water partition coefficient (Wildman–Crippen LogP) is 1.90. The molecule has 1 amide bonds. The lowest BCUT2D eigenvalue weighted by atomic mass is 9.94. The van der Waals surface area contributed by atoms with Crippen LogP contribution in [-0.4, -0.2) is 40.9 Å². The Kier molecular flexibility index (Phi) is 5.85. The third-order valence-electron chi connectivity index (χ3n) is 3.28. The van der Waals surface area contributed by atoms with Crippen LogP contribution in [0.5, 0.6) is 0 Å². The Bertz CT molecular complexity index is 429. The summed E-state index contributed by atoms with van der Waals surface area (Å²) < 4.78 is 0. The van der Waals surface area contributed by atoms with Crippen molar-refractivity contribution >= 4 is 39.8 Å². The molecular weight excluding hydrogens is 294 g/mol. The Morgan fingerprint density at radius 1 is 1.55 bits per heavy atom. The highest BCUT2D eigenvalue weighted by Gasteiger charge is 2.29. The summed E-state index contributed by atoms with van der Waals surface area (Å²) in [7, 11) is 0. The molecule has 2 fully saturated rings. The smallest absolute Gasteiger partial charge is 0.207 e. The number of thioether (sulfide) groups is 1. The highest BCUT2D eigenvalue weighted by molar-refractivity contribution is 8.14. The molecule has 0 spiro atoms. The van der Waals surface area contributed by atoms with Crippen LogP contribution in [0.1, 0.15) is 26.2 Å². The largest absolute Gasteiger partial charge is 0.356 e. The second-order valence-electron chi connectivity index (χ2n) is 4.86. The molecule has 1 aromatic heterocycles. The summed E-state index contributed by atoms with van der Waals surface area (Å²) in [5, 5.41) is 6.43. The molecule has 0 atom stereocenters. The van der Waals surface area contributed by atoms with Crippen LogP contribution in [0, 0.1) is 0 Å². The lowest BCUT2D eigenvalue weighted by molar-refractivity contribution is -0.110. The Hall–Kier alpha value is -1.08. The van der Waals surface area contributed by atoms with Gasteiger partial charge in [0, 0.05) is 42.9 Å². The van der Waals surface area contributed by atoms with Gasteiger partial charge in [-0.25, -0.2) is 4.98 Å². The van der Waals surface area contributed by atoms with Crippen LogP contribution in [-0.2, 0) is 9.59 Å². The first-order valence-electron chi connectivity index (χ1n) is 6.70. The van der Waals surface area contributed by atoms with Crippen molar-refractivity contribution in [2.75, 3.05) is 18.0 Å². The number of anilines is 1. The zero-order valence-corrected chi connectivity index (χ0v) is 13.1. The van der Waals surface area contributed by atoms with Gasteiger partial charge in [0.05, 0.1) is 0 Å². The van der Waals surface area contributed by atoms with Crippen molar-refractivity contribution < 1.29 is 9.59 Å². The number of nitrogens with one attached hydrogen (secondary N) is 1. The van der Waals surface area contributed by atoms with E-state index in [1.165, 1.54) is 31.0 Å². The number of carbonyl (C=O) groups is 2. The second-order valence-corrected chi connectivity index (χ2v) is 7.21. The summed E-state index contributed by atoms with van der Waals surface area (Å²) in [5.74, 6) is 0. The SMILES string of the molecule is CC(=O)SC1CN(c2nccs2)C1.O=CNC1CCC1. The Labute approximate surface area is 127 Å². The molecule has 0 radical (unpaired) electrons. The number of carbonyl (C=O) groups excluding carboxylic acids is 2. The molecule has 0 unspecified atom stereocenters. The Morgan fingerprint density at radius 2 is 2.30 bits per heavy atom. The van der Waals surface area contributed by atoms with Crippen molar-refractivity contribution in [3.63, 3.8) is 0 Å². The minimum absolute atomic E-state index is 0.212. The van der Waals surface area contributed by atoms with Gasteiger partial charge in [-0.3, -0.25) is 9.59 Å². The Balaban J connectivity index is 0.000000178. The zero-order valence-electron chi connectivity index (χ0n) is 11.4. The fraction of sp³-hybridized carbons (Fsp3) is 0.615. The van der Waals surface area contributed by atoms with Gasteiger partial charge < -0.3 is 10.2 Å². The molecule has 0 aromatic carbocycles. The van der Waals surface area contributed by atoms with Gasteiger partial charge in [0.25, 0.3) is 0 Å². The van der Waals surface area contributed by atoms with E-state index in [4.69, 9.17) is 0 Å². The molecule has 110 valence electrons. The van der Waals surface area contributed by atoms with Crippen LogP contribution in [0.25, 0.3) is 0 Å². The highest BCUT2D eigenvalue weighted by atomic mass is 32.2. The van der Waals surface area contributed by atoms with Crippen LogP contribution in [0.3, 0.4) is 0 Å². The number of hydrogen-bond donors (Lipinski definition) is 1. The number of rotatable bonds is 4. The number of hydrogen-bond acceptors (Lipinski definition) is 6. The maximum absolute atomic E-state index is 10.8. The van der Waals surface area contributed by atoms with E-state index in [9.17, 15) is 9.59 Å². The number of thiazole rings is 1. The van der Waals surface area contributed by atoms with E-state index in [0.29, 0.717) is 11.3 Å². The van der Waals surface area contributed by atoms with Gasteiger partial charge in [-0.05, 0) is 19.3 Å². The van der Waals surface area contributed by atoms with Crippen LogP contribution < -0.4 is 10.2 Å². The minimum atomic E-state index is 0.212. The van der Waals surface area contributed by atoms with E-state index in [2.05, 4.69) is 15.2 Å². The summed E-state index contributed by atoms with van der Waals surface area (Å²) in [5.41, 5.74) is 0. The van der Waals surface area contributed by atoms with Gasteiger partial charge in [0.2, 0.25) is 6.41 Å². The first-order valence-corrected chi connectivity index (χ1v) is 8.46. The quantitative estimate of drug-likeness (QED) is 0.860. The van der Waals surface area contributed by atoms with Crippen molar-refractivity contribution in [3.05, 3.63) is 11.6 Å². The standard InChI is InChI=1S/C8H10N2OS2.C5H9NO/c1-6(11)13-7-4-10(5-7)8-9-2-3-12-8;7-4-6-5-2-1-3-5/h2-3,7H,4-5H2,1H3;4-5H,1-3H2,(H,6,7). The van der Waals surface area contributed by atoms with Crippen LogP contribution >= 0.6 is 23.1 Å². The molecule has 0 bridgehead atoms. The van der Waals surface area contributed by atoms with Crippen molar-refractivity contribution in [2.24, 2.45) is 0 Å². The molecule has 1 aliphatic carbocycles. The van der Waals surface area contributed by atoms with Crippen molar-refractivity contribution in [1.82, 2.24) is 10.3 Å². The van der Waals surface area contributed by atoms with Crippen molar-refractivity contribution in [3.8, 4) is 0 Å². The first kappa shape index (κ1) is 15.3. The number of nitrogens with zero attached hydrogens (tertiary/aromatic N) is 2. The summed E-state index contributed by atoms with van der Waals surface area (Å²) in [6, 6.07) is 0.512. The predicted molar refractivity (Wildman–Crippen MR) is 83.2 cm³/mol. The highest BCUT2D eigenvalue weighted by Crippen LogP contribution is 2.29. The molecule has 2 heterocycles. The number of aromatic nitrogens is 1. The molecule has 2 aliphatic rings. The maximum atomic E-state index is 10.8. The fourth-order valence-corrected chi connectivity index (χ4v) is 3.59. The van der Waals surface area contributed by atoms with Gasteiger partial charge in [-0.15, -0.1) is 11.3 Å². The van der Waals surface area contributed by atoms with Gasteiger partial charge >= 0.3 is 0 Å². The lowest BCUT2D eigenvalue weighted by Gasteiger charge is -2.37. The molecule has 7 heteroatoms. The van der Waals surface area contributed by atoms with Gasteiger partial charge in [-0.1, -0.05) is 11.8 Å². The Morgan fingerprint density at radius 3 is 2.70 bits per heavy atom. The molecule has 20 heavy (non-hydrogen) atoms. The van der Waals surface area contributed by atoms with Gasteiger partial charge in [-0.2, -0.15) is 0 Å². The topological polar surface area (TPSA) is 62.3 Å². The maximum Gasteiger partial charge on any atom is 0.207 e. The van der Waals surface area contributed by atoms with Crippen LogP contribution in [0.15, 0.2) is 11.6 Å². The molecule has 1 saturated carbocycles. The van der Waals surface area contributed by atoms with E-state index in [1.807, 2.05) is 11.6 Å². The molecule has 1 aliphatic heterocycles. The summed E-state index contributed by atoms with van der Waals surface area (Å²) in [4.78, 5) is 26.9. The minimum Gasteiger partial charge on any atom is -0.356 e. The summed E-state index contributed by atoms with van der Waals surface area (Å²) in [6.45, 7) is 3.53. The van der Waals surface area contributed by atoms with Crippen LogP contribution in [0.4, 0.5) is 5.13 Å². The third kappa shape index (κ3) is 4.49. The lowest BCUT2D eigenvalue weighted by Crippen LogP contribution is -2.49. The third-order valence-corrected chi connectivity index (χ3v) is 5.08. The molecule has 1 saturated heterocycles. The number of amides is 1. The first-order chi connectivity index (χ1) is 9.69. The van der Waals surface area contributed by atoms with Crippen molar-refractivity contribution in [2.45, 2.75) is 37.5 Å². The van der Waals surface area contributed by atoms with E-state index in [-0.39, 0.29) is 5.12 Å². The van der Waals surface area contributed by atoms with E-state index in [1.54, 1.807) is 18.3 Å². The second kappa shape index (κ2) is 7.64. The average molecular weight is 313 g/mol. The fourth-order valence-electron chi connectivity index (χ4n) is 1.95. The molecular formula is C13H19N3O2S2.